The van der Waals surface area contributed by atoms with Crippen molar-refractivity contribution in [3.05, 3.63) is 50.3 Å². The van der Waals surface area contributed by atoms with Gasteiger partial charge < -0.3 is 5.11 Å². The van der Waals surface area contributed by atoms with Crippen LogP contribution in [0.5, 0.6) is 0 Å². The number of nitrogens with zero attached hydrogens (tertiary/aromatic N) is 3. The second-order valence-corrected chi connectivity index (χ2v) is 5.73. The molecule has 3 aromatic heterocycles. The quantitative estimate of drug-likeness (QED) is 0.744. The maximum atomic E-state index is 12.5. The molecule has 22 heavy (non-hydrogen) atoms. The molecule has 3 rings (SSSR count). The molecule has 3 heterocycles. The average molecular weight is 336 g/mol. The van der Waals surface area contributed by atoms with Gasteiger partial charge in [0.1, 0.15) is 10.7 Å². The van der Waals surface area contributed by atoms with Crippen LogP contribution < -0.4 is 5.43 Å². The van der Waals surface area contributed by atoms with E-state index >= 15 is 0 Å². The minimum Gasteiger partial charge on any atom is -0.477 e. The Morgan fingerprint density at radius 1 is 1.45 bits per heavy atom. The molecule has 3 aromatic rings. The molecule has 0 spiro atoms. The summed E-state index contributed by atoms with van der Waals surface area (Å²) in [5, 5.41) is 12.2. The van der Waals surface area contributed by atoms with Crippen molar-refractivity contribution in [2.75, 3.05) is 0 Å². The number of halogens is 1. The molecular weight excluding hydrogens is 326 g/mol. The highest BCUT2D eigenvalue weighted by atomic mass is 35.5. The van der Waals surface area contributed by atoms with Crippen LogP contribution in [-0.4, -0.2) is 25.6 Å². The summed E-state index contributed by atoms with van der Waals surface area (Å²) in [6.45, 7) is 1.78. The van der Waals surface area contributed by atoms with Crippen LogP contribution in [0.3, 0.4) is 0 Å². The second kappa shape index (κ2) is 5.51. The van der Waals surface area contributed by atoms with Gasteiger partial charge in [0.05, 0.1) is 5.39 Å². The molecule has 0 aliphatic heterocycles. The normalized spacial score (nSPS) is 11.0. The fourth-order valence-electron chi connectivity index (χ4n) is 2.37. The Kier molecular flexibility index (Phi) is 3.67. The zero-order valence-corrected chi connectivity index (χ0v) is 13.0. The van der Waals surface area contributed by atoms with Crippen molar-refractivity contribution in [1.82, 2.24) is 14.5 Å². The van der Waals surface area contributed by atoms with Crippen molar-refractivity contribution in [2.45, 2.75) is 13.3 Å². The monoisotopic (exact) mass is 335 g/mol. The third-order valence-corrected chi connectivity index (χ3v) is 4.21. The topological polar surface area (TPSA) is 85.1 Å². The van der Waals surface area contributed by atoms with Gasteiger partial charge in [-0.1, -0.05) is 18.5 Å². The first-order valence-electron chi connectivity index (χ1n) is 6.42. The Morgan fingerprint density at radius 2 is 2.23 bits per heavy atom. The summed E-state index contributed by atoms with van der Waals surface area (Å²) in [6, 6.07) is 2.96. The van der Waals surface area contributed by atoms with Crippen LogP contribution in [-0.2, 0) is 6.42 Å². The van der Waals surface area contributed by atoms with E-state index in [1.807, 2.05) is 0 Å². The van der Waals surface area contributed by atoms with Crippen molar-refractivity contribution >= 4 is 39.9 Å². The van der Waals surface area contributed by atoms with Crippen molar-refractivity contribution < 1.29 is 9.90 Å². The first kappa shape index (κ1) is 14.7. The van der Waals surface area contributed by atoms with Crippen LogP contribution in [0.2, 0.25) is 5.15 Å². The molecule has 0 radical (unpaired) electrons. The molecule has 0 aliphatic carbocycles. The molecule has 0 unspecified atom stereocenters. The molecule has 0 bridgehead atoms. The van der Waals surface area contributed by atoms with E-state index in [9.17, 15) is 14.7 Å². The Labute approximate surface area is 133 Å². The lowest BCUT2D eigenvalue weighted by Gasteiger charge is -2.15. The Hall–Kier alpha value is -2.25. The van der Waals surface area contributed by atoms with Gasteiger partial charge in [-0.05, 0) is 18.6 Å². The SMILES string of the molecule is CCc1c(C(=O)O)c(=O)c2ccc(Cl)nc2n1-c1nccs1. The van der Waals surface area contributed by atoms with Crippen LogP contribution in [0, 0.1) is 0 Å². The highest BCUT2D eigenvalue weighted by Gasteiger charge is 2.23. The number of hydrogen-bond donors (Lipinski definition) is 1. The molecule has 0 saturated heterocycles. The number of carboxylic acids is 1. The predicted molar refractivity (Wildman–Crippen MR) is 84.4 cm³/mol. The van der Waals surface area contributed by atoms with Crippen molar-refractivity contribution in [3.63, 3.8) is 0 Å². The van der Waals surface area contributed by atoms with Gasteiger partial charge in [0.25, 0.3) is 0 Å². The number of carbonyl (C=O) groups is 1. The molecule has 0 fully saturated rings. The molecule has 0 aliphatic rings. The molecule has 0 amide bonds. The van der Waals surface area contributed by atoms with Crippen molar-refractivity contribution in [1.29, 1.82) is 0 Å². The van der Waals surface area contributed by atoms with Gasteiger partial charge in [-0.15, -0.1) is 11.3 Å². The summed E-state index contributed by atoms with van der Waals surface area (Å²) in [5.41, 5.74) is -0.144. The lowest BCUT2D eigenvalue weighted by molar-refractivity contribution is 0.0693. The maximum Gasteiger partial charge on any atom is 0.341 e. The van der Waals surface area contributed by atoms with Crippen molar-refractivity contribution in [2.24, 2.45) is 0 Å². The fourth-order valence-corrected chi connectivity index (χ4v) is 3.18. The number of aromatic carboxylic acids is 1. The van der Waals surface area contributed by atoms with Gasteiger partial charge in [0, 0.05) is 17.3 Å². The van der Waals surface area contributed by atoms with Crippen LogP contribution >= 0.6 is 22.9 Å². The number of pyridine rings is 2. The molecule has 0 aromatic carbocycles. The van der Waals surface area contributed by atoms with E-state index in [1.54, 1.807) is 23.1 Å². The fraction of sp³-hybridized carbons (Fsp3) is 0.143. The summed E-state index contributed by atoms with van der Waals surface area (Å²) in [5.74, 6) is -1.26. The lowest BCUT2D eigenvalue weighted by atomic mass is 10.1. The van der Waals surface area contributed by atoms with E-state index < -0.39 is 11.4 Å². The molecular formula is C14H10ClN3O3S. The zero-order valence-electron chi connectivity index (χ0n) is 11.4. The third-order valence-electron chi connectivity index (χ3n) is 3.24. The summed E-state index contributed by atoms with van der Waals surface area (Å²) >= 11 is 7.27. The minimum absolute atomic E-state index is 0.203. The van der Waals surface area contributed by atoms with Gasteiger partial charge >= 0.3 is 5.97 Å². The Bertz CT molecular complexity index is 935. The largest absolute Gasteiger partial charge is 0.477 e. The molecule has 112 valence electrons. The molecule has 1 N–H and O–H groups in total. The lowest BCUT2D eigenvalue weighted by Crippen LogP contribution is -2.24. The average Bonchev–Trinajstić information content (AvgIpc) is 2.99. The first-order chi connectivity index (χ1) is 10.5. The number of aromatic nitrogens is 3. The van der Waals surface area contributed by atoms with E-state index in [0.717, 1.165) is 0 Å². The van der Waals surface area contributed by atoms with Crippen LogP contribution in [0.15, 0.2) is 28.5 Å². The Balaban J connectivity index is 2.59. The van der Waals surface area contributed by atoms with E-state index in [4.69, 9.17) is 11.6 Å². The predicted octanol–water partition coefficient (Wildman–Crippen LogP) is 2.76. The first-order valence-corrected chi connectivity index (χ1v) is 7.67. The summed E-state index contributed by atoms with van der Waals surface area (Å²) in [4.78, 5) is 32.5. The molecule has 6 nitrogen and oxygen atoms in total. The number of thiazole rings is 1. The third kappa shape index (κ3) is 2.18. The molecule has 0 atom stereocenters. The molecule has 8 heteroatoms. The van der Waals surface area contributed by atoms with Gasteiger partial charge in [-0.3, -0.25) is 9.36 Å². The number of carboxylic acid groups (broad SMARTS) is 1. The standard InChI is InChI=1S/C14H10ClN3O3S/c1-2-8-10(13(20)21)11(19)7-3-4-9(15)17-12(7)18(8)14-16-5-6-22-14/h3-6H,2H2,1H3,(H,20,21). The second-order valence-electron chi connectivity index (χ2n) is 4.46. The van der Waals surface area contributed by atoms with Gasteiger partial charge in [0.15, 0.2) is 10.8 Å². The number of fused-ring (bicyclic) bond motifs is 1. The van der Waals surface area contributed by atoms with Crippen molar-refractivity contribution in [3.8, 4) is 5.13 Å². The Morgan fingerprint density at radius 3 is 2.82 bits per heavy atom. The van der Waals surface area contributed by atoms with Crippen LogP contribution in [0.1, 0.15) is 23.0 Å². The highest BCUT2D eigenvalue weighted by Crippen LogP contribution is 2.23. The van der Waals surface area contributed by atoms with Crippen LogP contribution in [0.4, 0.5) is 0 Å². The summed E-state index contributed by atoms with van der Waals surface area (Å²) < 4.78 is 1.59. The van der Waals surface area contributed by atoms with Gasteiger partial charge in [-0.25, -0.2) is 14.8 Å². The minimum atomic E-state index is -1.26. The highest BCUT2D eigenvalue weighted by molar-refractivity contribution is 7.12. The number of rotatable bonds is 3. The van der Waals surface area contributed by atoms with E-state index in [2.05, 4.69) is 9.97 Å². The maximum absolute atomic E-state index is 12.5. The van der Waals surface area contributed by atoms with Crippen LogP contribution in [0.25, 0.3) is 16.2 Å². The van der Waals surface area contributed by atoms with E-state index in [1.165, 1.54) is 23.5 Å². The summed E-state index contributed by atoms with van der Waals surface area (Å²) in [6.07, 6.45) is 1.95. The zero-order chi connectivity index (χ0) is 15.9. The summed E-state index contributed by atoms with van der Waals surface area (Å²) in [7, 11) is 0. The van der Waals surface area contributed by atoms with Gasteiger partial charge in [0.2, 0.25) is 5.43 Å². The number of hydrogen-bond acceptors (Lipinski definition) is 5. The van der Waals surface area contributed by atoms with E-state index in [-0.39, 0.29) is 16.1 Å². The van der Waals surface area contributed by atoms with Gasteiger partial charge in [-0.2, -0.15) is 0 Å². The smallest absolute Gasteiger partial charge is 0.341 e. The molecule has 0 saturated carbocycles. The van der Waals surface area contributed by atoms with E-state index in [0.29, 0.717) is 22.9 Å².